The first-order valence-corrected chi connectivity index (χ1v) is 5.17. The Labute approximate surface area is 88.3 Å². The molecule has 0 heterocycles. The maximum Gasteiger partial charge on any atom is 0.251 e. The Morgan fingerprint density at radius 2 is 2.29 bits per heavy atom. The molecule has 0 aromatic heterocycles. The second-order valence-electron chi connectivity index (χ2n) is 3.66. The van der Waals surface area contributed by atoms with Gasteiger partial charge in [0.15, 0.2) is 0 Å². The Bertz CT molecular complexity index is 347. The quantitative estimate of drug-likeness (QED) is 0.814. The van der Waals surface area contributed by atoms with Gasteiger partial charge in [0, 0.05) is 17.1 Å². The molecule has 74 valence electrons. The van der Waals surface area contributed by atoms with Gasteiger partial charge in [-0.1, -0.05) is 17.7 Å². The molecule has 1 N–H and O–H groups in total. The van der Waals surface area contributed by atoms with Crippen molar-refractivity contribution in [2.45, 2.75) is 12.8 Å². The molecule has 0 unspecified atom stereocenters. The number of halogens is 1. The maximum atomic E-state index is 11.6. The highest BCUT2D eigenvalue weighted by Crippen LogP contribution is 2.27. The molecule has 14 heavy (non-hydrogen) atoms. The summed E-state index contributed by atoms with van der Waals surface area (Å²) in [6.45, 7) is 0.797. The van der Waals surface area contributed by atoms with E-state index in [2.05, 4.69) is 5.32 Å². The summed E-state index contributed by atoms with van der Waals surface area (Å²) in [5.41, 5.74) is 0.637. The van der Waals surface area contributed by atoms with Crippen LogP contribution in [0.25, 0.3) is 0 Å². The van der Waals surface area contributed by atoms with Gasteiger partial charge in [-0.05, 0) is 37.0 Å². The molecular weight excluding hydrogens is 198 g/mol. The zero-order chi connectivity index (χ0) is 9.97. The predicted octanol–water partition coefficient (Wildman–Crippen LogP) is 2.48. The van der Waals surface area contributed by atoms with Crippen molar-refractivity contribution in [1.82, 2.24) is 5.32 Å². The zero-order valence-corrected chi connectivity index (χ0v) is 8.55. The summed E-state index contributed by atoms with van der Waals surface area (Å²) in [4.78, 5) is 11.6. The Kier molecular flexibility index (Phi) is 2.73. The van der Waals surface area contributed by atoms with Crippen molar-refractivity contribution in [3.8, 4) is 0 Å². The summed E-state index contributed by atoms with van der Waals surface area (Å²) < 4.78 is 0. The van der Waals surface area contributed by atoms with Gasteiger partial charge in [0.05, 0.1) is 0 Å². The minimum absolute atomic E-state index is 0.0283. The van der Waals surface area contributed by atoms with Crippen LogP contribution in [0.5, 0.6) is 0 Å². The van der Waals surface area contributed by atoms with Gasteiger partial charge < -0.3 is 5.32 Å². The fourth-order valence-electron chi connectivity index (χ4n) is 1.29. The lowest BCUT2D eigenvalue weighted by Crippen LogP contribution is -2.25. The lowest BCUT2D eigenvalue weighted by Gasteiger charge is -2.03. The van der Waals surface area contributed by atoms with Crippen LogP contribution in [0.1, 0.15) is 23.2 Å². The van der Waals surface area contributed by atoms with Gasteiger partial charge in [-0.25, -0.2) is 0 Å². The number of carbonyl (C=O) groups is 1. The third-order valence-electron chi connectivity index (χ3n) is 2.34. The number of benzene rings is 1. The number of nitrogens with one attached hydrogen (secondary N) is 1. The van der Waals surface area contributed by atoms with Crippen molar-refractivity contribution in [3.63, 3.8) is 0 Å². The summed E-state index contributed by atoms with van der Waals surface area (Å²) in [5, 5.41) is 3.49. The van der Waals surface area contributed by atoms with E-state index in [4.69, 9.17) is 11.6 Å². The Hall–Kier alpha value is -1.02. The van der Waals surface area contributed by atoms with Crippen LogP contribution in [0.4, 0.5) is 0 Å². The van der Waals surface area contributed by atoms with Crippen LogP contribution in [-0.4, -0.2) is 12.5 Å². The highest BCUT2D eigenvalue weighted by molar-refractivity contribution is 6.30. The number of amides is 1. The second-order valence-corrected chi connectivity index (χ2v) is 4.10. The highest BCUT2D eigenvalue weighted by Gasteiger charge is 2.21. The average Bonchev–Trinajstić information content (AvgIpc) is 2.97. The van der Waals surface area contributed by atoms with Crippen molar-refractivity contribution in [2.75, 3.05) is 6.54 Å². The predicted molar refractivity (Wildman–Crippen MR) is 56.5 cm³/mol. The van der Waals surface area contributed by atoms with E-state index in [-0.39, 0.29) is 5.91 Å². The van der Waals surface area contributed by atoms with Gasteiger partial charge in [0.25, 0.3) is 5.91 Å². The van der Waals surface area contributed by atoms with E-state index in [1.807, 2.05) is 0 Å². The van der Waals surface area contributed by atoms with E-state index in [0.717, 1.165) is 6.54 Å². The molecule has 3 heteroatoms. The van der Waals surface area contributed by atoms with Crippen LogP contribution >= 0.6 is 11.6 Å². The van der Waals surface area contributed by atoms with Crippen molar-refractivity contribution < 1.29 is 4.79 Å². The molecule has 0 bridgehead atoms. The van der Waals surface area contributed by atoms with E-state index in [1.165, 1.54) is 12.8 Å². The molecule has 2 nitrogen and oxygen atoms in total. The Morgan fingerprint density at radius 3 is 2.93 bits per heavy atom. The Balaban J connectivity index is 1.95. The van der Waals surface area contributed by atoms with Crippen LogP contribution in [0.15, 0.2) is 24.3 Å². The van der Waals surface area contributed by atoms with Gasteiger partial charge in [-0.2, -0.15) is 0 Å². The summed E-state index contributed by atoms with van der Waals surface area (Å²) in [7, 11) is 0. The molecule has 2 rings (SSSR count). The van der Waals surface area contributed by atoms with E-state index >= 15 is 0 Å². The monoisotopic (exact) mass is 209 g/mol. The molecule has 1 aliphatic carbocycles. The van der Waals surface area contributed by atoms with Crippen molar-refractivity contribution >= 4 is 17.5 Å². The first-order chi connectivity index (χ1) is 6.75. The smallest absolute Gasteiger partial charge is 0.251 e. The lowest BCUT2D eigenvalue weighted by molar-refractivity contribution is 0.0952. The van der Waals surface area contributed by atoms with Gasteiger partial charge in [0.1, 0.15) is 0 Å². The first kappa shape index (κ1) is 9.53. The zero-order valence-electron chi connectivity index (χ0n) is 7.79. The van der Waals surface area contributed by atoms with Crippen molar-refractivity contribution in [2.24, 2.45) is 5.92 Å². The van der Waals surface area contributed by atoms with Crippen LogP contribution in [0, 0.1) is 5.92 Å². The van der Waals surface area contributed by atoms with Gasteiger partial charge in [-0.15, -0.1) is 0 Å². The minimum Gasteiger partial charge on any atom is -0.352 e. The normalized spacial score (nSPS) is 15.2. The molecule has 1 fully saturated rings. The van der Waals surface area contributed by atoms with Crippen LogP contribution in [-0.2, 0) is 0 Å². The topological polar surface area (TPSA) is 29.1 Å². The molecule has 1 amide bonds. The maximum absolute atomic E-state index is 11.6. The van der Waals surface area contributed by atoms with Crippen molar-refractivity contribution in [1.29, 1.82) is 0 Å². The fourth-order valence-corrected chi connectivity index (χ4v) is 1.48. The summed E-state index contributed by atoms with van der Waals surface area (Å²) in [5.74, 6) is 0.678. The number of rotatable bonds is 3. The molecule has 1 aromatic rings. The van der Waals surface area contributed by atoms with E-state index < -0.39 is 0 Å². The Morgan fingerprint density at radius 1 is 1.50 bits per heavy atom. The molecule has 0 aliphatic heterocycles. The lowest BCUT2D eigenvalue weighted by atomic mass is 10.2. The molecule has 1 aliphatic rings. The number of hydrogen-bond acceptors (Lipinski definition) is 1. The molecule has 1 aromatic carbocycles. The standard InChI is InChI=1S/C11H12ClNO/c12-10-3-1-2-9(6-10)11(14)13-7-8-4-5-8/h1-3,6,8H,4-5,7H2,(H,13,14). The molecule has 0 spiro atoms. The molecule has 1 saturated carbocycles. The van der Waals surface area contributed by atoms with Crippen LogP contribution in [0.2, 0.25) is 5.02 Å². The molecule has 0 saturated heterocycles. The molecular formula is C11H12ClNO. The summed E-state index contributed by atoms with van der Waals surface area (Å²) in [6, 6.07) is 7.01. The third-order valence-corrected chi connectivity index (χ3v) is 2.57. The average molecular weight is 210 g/mol. The van der Waals surface area contributed by atoms with Crippen molar-refractivity contribution in [3.05, 3.63) is 34.9 Å². The van der Waals surface area contributed by atoms with Crippen LogP contribution in [0.3, 0.4) is 0 Å². The second kappa shape index (κ2) is 4.01. The number of hydrogen-bond donors (Lipinski definition) is 1. The third kappa shape index (κ3) is 2.48. The fraction of sp³-hybridized carbons (Fsp3) is 0.364. The summed E-state index contributed by atoms with van der Waals surface area (Å²) >= 11 is 5.78. The van der Waals surface area contributed by atoms with E-state index in [1.54, 1.807) is 24.3 Å². The van der Waals surface area contributed by atoms with Crippen LogP contribution < -0.4 is 5.32 Å². The summed E-state index contributed by atoms with van der Waals surface area (Å²) in [6.07, 6.45) is 2.49. The SMILES string of the molecule is O=C(NCC1CC1)c1cccc(Cl)c1. The molecule has 0 atom stereocenters. The van der Waals surface area contributed by atoms with E-state index in [0.29, 0.717) is 16.5 Å². The van der Waals surface area contributed by atoms with E-state index in [9.17, 15) is 4.79 Å². The highest BCUT2D eigenvalue weighted by atomic mass is 35.5. The number of carbonyl (C=O) groups excluding carboxylic acids is 1. The largest absolute Gasteiger partial charge is 0.352 e. The van der Waals surface area contributed by atoms with Gasteiger partial charge in [0.2, 0.25) is 0 Å². The minimum atomic E-state index is -0.0283. The first-order valence-electron chi connectivity index (χ1n) is 4.79. The van der Waals surface area contributed by atoms with Gasteiger partial charge in [-0.3, -0.25) is 4.79 Å². The van der Waals surface area contributed by atoms with Gasteiger partial charge >= 0.3 is 0 Å². The molecule has 0 radical (unpaired) electrons.